The van der Waals surface area contributed by atoms with E-state index in [-0.39, 0.29) is 6.42 Å². The molecule has 2 aromatic rings. The van der Waals surface area contributed by atoms with Crippen LogP contribution in [0.4, 0.5) is 0 Å². The molecule has 1 aromatic heterocycles. The van der Waals surface area contributed by atoms with Crippen molar-refractivity contribution in [2.45, 2.75) is 19.4 Å². The third kappa shape index (κ3) is 3.34. The van der Waals surface area contributed by atoms with E-state index >= 15 is 0 Å². The van der Waals surface area contributed by atoms with Crippen LogP contribution in [0.3, 0.4) is 0 Å². The van der Waals surface area contributed by atoms with Gasteiger partial charge < -0.3 is 9.90 Å². The minimum absolute atomic E-state index is 0.0517. The highest BCUT2D eigenvalue weighted by atomic mass is 35.5. The van der Waals surface area contributed by atoms with Crippen molar-refractivity contribution < 1.29 is 9.90 Å². The summed E-state index contributed by atoms with van der Waals surface area (Å²) < 4.78 is 1.73. The minimum Gasteiger partial charge on any atom is -0.550 e. The number of rotatable bonds is 5. The first-order valence-corrected chi connectivity index (χ1v) is 6.02. The number of carbonyl (C=O) groups is 1. The molecule has 0 aliphatic carbocycles. The maximum absolute atomic E-state index is 10.3. The van der Waals surface area contributed by atoms with Gasteiger partial charge in [-0.1, -0.05) is 23.7 Å². The molecule has 0 radical (unpaired) electrons. The third-order valence-electron chi connectivity index (χ3n) is 2.55. The van der Waals surface area contributed by atoms with E-state index in [1.54, 1.807) is 4.68 Å². The summed E-state index contributed by atoms with van der Waals surface area (Å²) in [6.07, 6.45) is 2.40. The number of nitrogens with zero attached hydrogens (tertiary/aromatic N) is 2. The van der Waals surface area contributed by atoms with Crippen LogP contribution in [0.5, 0.6) is 0 Å². The maximum atomic E-state index is 10.3. The van der Waals surface area contributed by atoms with E-state index in [0.717, 1.165) is 11.3 Å². The first-order valence-electron chi connectivity index (χ1n) is 5.64. The monoisotopic (exact) mass is 263 g/mol. The Hall–Kier alpha value is -1.81. The van der Waals surface area contributed by atoms with Crippen molar-refractivity contribution in [3.05, 3.63) is 41.6 Å². The molecular weight excluding hydrogens is 252 g/mol. The van der Waals surface area contributed by atoms with Crippen molar-refractivity contribution in [3.63, 3.8) is 0 Å². The number of benzene rings is 1. The number of hydrogen-bond acceptors (Lipinski definition) is 3. The molecule has 18 heavy (non-hydrogen) atoms. The minimum atomic E-state index is -1.03. The summed E-state index contributed by atoms with van der Waals surface area (Å²) in [5.41, 5.74) is 1.83. The van der Waals surface area contributed by atoms with Crippen LogP contribution < -0.4 is 5.11 Å². The third-order valence-corrected chi connectivity index (χ3v) is 2.80. The van der Waals surface area contributed by atoms with Crippen LogP contribution in [0, 0.1) is 0 Å². The second-order valence-electron chi connectivity index (χ2n) is 3.95. The normalized spacial score (nSPS) is 10.5. The number of halogens is 1. The highest BCUT2D eigenvalue weighted by Crippen LogP contribution is 2.19. The Morgan fingerprint density at radius 3 is 2.67 bits per heavy atom. The molecule has 0 fully saturated rings. The summed E-state index contributed by atoms with van der Waals surface area (Å²) in [5.74, 6) is -1.03. The fraction of sp³-hybridized carbons (Fsp3) is 0.231. The van der Waals surface area contributed by atoms with Gasteiger partial charge in [-0.15, -0.1) is 0 Å². The van der Waals surface area contributed by atoms with Gasteiger partial charge in [-0.25, -0.2) is 0 Å². The summed E-state index contributed by atoms with van der Waals surface area (Å²) in [4.78, 5) is 10.3. The summed E-state index contributed by atoms with van der Waals surface area (Å²) in [7, 11) is 0. The van der Waals surface area contributed by atoms with Gasteiger partial charge in [0.15, 0.2) is 0 Å². The quantitative estimate of drug-likeness (QED) is 0.826. The predicted octanol–water partition coefficient (Wildman–Crippen LogP) is 1.73. The number of carboxylic acid groups (broad SMARTS) is 1. The smallest absolute Gasteiger partial charge is 0.0923 e. The van der Waals surface area contributed by atoms with Gasteiger partial charge in [0, 0.05) is 29.3 Å². The Morgan fingerprint density at radius 1 is 1.28 bits per heavy atom. The van der Waals surface area contributed by atoms with Crippen molar-refractivity contribution >= 4 is 17.6 Å². The SMILES string of the molecule is O=C([O-])CCCn1ccc(-c2ccc(Cl)cc2)n1. The molecule has 0 saturated carbocycles. The molecule has 0 amide bonds. The standard InChI is InChI=1S/C13H13ClN2O2/c14-11-5-3-10(4-6-11)12-7-9-16(15-12)8-1-2-13(17)18/h3-7,9H,1-2,8H2,(H,17,18)/p-1. The van der Waals surface area contributed by atoms with E-state index in [9.17, 15) is 9.90 Å². The number of carboxylic acids is 1. The molecular formula is C13H12ClN2O2-. The Balaban J connectivity index is 2.01. The van der Waals surface area contributed by atoms with Gasteiger partial charge >= 0.3 is 0 Å². The van der Waals surface area contributed by atoms with Gasteiger partial charge in [0.05, 0.1) is 5.69 Å². The van der Waals surface area contributed by atoms with Crippen LogP contribution in [0.15, 0.2) is 36.5 Å². The molecule has 0 N–H and O–H groups in total. The summed E-state index contributed by atoms with van der Waals surface area (Å²) in [6, 6.07) is 9.31. The van der Waals surface area contributed by atoms with Gasteiger partial charge in [-0.3, -0.25) is 4.68 Å². The molecule has 1 heterocycles. The van der Waals surface area contributed by atoms with E-state index in [4.69, 9.17) is 11.6 Å². The maximum Gasteiger partial charge on any atom is 0.0923 e. The average Bonchev–Trinajstić information content (AvgIpc) is 2.78. The predicted molar refractivity (Wildman–Crippen MR) is 66.9 cm³/mol. The number of aryl methyl sites for hydroxylation is 1. The Kier molecular flexibility index (Phi) is 3.99. The van der Waals surface area contributed by atoms with Crippen LogP contribution in [0.1, 0.15) is 12.8 Å². The number of carbonyl (C=O) groups excluding carboxylic acids is 1. The van der Waals surface area contributed by atoms with Gasteiger partial charge in [-0.05, 0) is 31.0 Å². The molecule has 4 nitrogen and oxygen atoms in total. The highest BCUT2D eigenvalue weighted by molar-refractivity contribution is 6.30. The van der Waals surface area contributed by atoms with Crippen molar-refractivity contribution in [2.75, 3.05) is 0 Å². The summed E-state index contributed by atoms with van der Waals surface area (Å²) >= 11 is 5.82. The largest absolute Gasteiger partial charge is 0.550 e. The van der Waals surface area contributed by atoms with E-state index in [2.05, 4.69) is 5.10 Å². The lowest BCUT2D eigenvalue weighted by Crippen LogP contribution is -2.22. The molecule has 0 spiro atoms. The first kappa shape index (κ1) is 12.6. The molecule has 0 bridgehead atoms. The number of aliphatic carboxylic acids is 1. The van der Waals surface area contributed by atoms with Crippen LogP contribution in [-0.2, 0) is 11.3 Å². The van der Waals surface area contributed by atoms with E-state index < -0.39 is 5.97 Å². The van der Waals surface area contributed by atoms with Crippen molar-refractivity contribution in [2.24, 2.45) is 0 Å². The highest BCUT2D eigenvalue weighted by Gasteiger charge is 2.02. The molecule has 0 aliphatic heterocycles. The fourth-order valence-electron chi connectivity index (χ4n) is 1.65. The molecule has 0 saturated heterocycles. The number of hydrogen-bond donors (Lipinski definition) is 0. The zero-order valence-corrected chi connectivity index (χ0v) is 10.4. The van der Waals surface area contributed by atoms with Crippen LogP contribution in [0.2, 0.25) is 5.02 Å². The Bertz CT molecular complexity index is 534. The molecule has 94 valence electrons. The van der Waals surface area contributed by atoms with Gasteiger partial charge in [0.1, 0.15) is 0 Å². The second-order valence-corrected chi connectivity index (χ2v) is 4.38. The van der Waals surface area contributed by atoms with Crippen molar-refractivity contribution in [3.8, 4) is 11.3 Å². The van der Waals surface area contributed by atoms with E-state index in [1.807, 2.05) is 36.5 Å². The molecule has 0 aliphatic rings. The van der Waals surface area contributed by atoms with Gasteiger partial charge in [0.2, 0.25) is 0 Å². The van der Waals surface area contributed by atoms with E-state index in [0.29, 0.717) is 18.0 Å². The zero-order valence-electron chi connectivity index (χ0n) is 9.67. The first-order chi connectivity index (χ1) is 8.65. The van der Waals surface area contributed by atoms with Crippen LogP contribution in [-0.4, -0.2) is 15.7 Å². The lowest BCUT2D eigenvalue weighted by molar-refractivity contribution is -0.305. The second kappa shape index (κ2) is 5.69. The molecule has 0 unspecified atom stereocenters. The van der Waals surface area contributed by atoms with Crippen molar-refractivity contribution in [1.82, 2.24) is 9.78 Å². The lowest BCUT2D eigenvalue weighted by atomic mass is 10.2. The molecule has 0 atom stereocenters. The topological polar surface area (TPSA) is 57.9 Å². The Morgan fingerprint density at radius 2 is 2.00 bits per heavy atom. The van der Waals surface area contributed by atoms with E-state index in [1.165, 1.54) is 0 Å². The zero-order chi connectivity index (χ0) is 13.0. The van der Waals surface area contributed by atoms with Crippen LogP contribution >= 0.6 is 11.6 Å². The molecule has 2 rings (SSSR count). The van der Waals surface area contributed by atoms with Crippen molar-refractivity contribution in [1.29, 1.82) is 0 Å². The lowest BCUT2D eigenvalue weighted by Gasteiger charge is -2.02. The van der Waals surface area contributed by atoms with Crippen LogP contribution in [0.25, 0.3) is 11.3 Å². The summed E-state index contributed by atoms with van der Waals surface area (Å²) in [5, 5.41) is 15.3. The molecule has 5 heteroatoms. The Labute approximate surface area is 110 Å². The molecule has 1 aromatic carbocycles. The fourth-order valence-corrected chi connectivity index (χ4v) is 1.77. The summed E-state index contributed by atoms with van der Waals surface area (Å²) in [6.45, 7) is 0.571. The average molecular weight is 264 g/mol. The number of aromatic nitrogens is 2. The van der Waals surface area contributed by atoms with Gasteiger partial charge in [0.25, 0.3) is 0 Å². The van der Waals surface area contributed by atoms with Gasteiger partial charge in [-0.2, -0.15) is 5.10 Å².